The van der Waals surface area contributed by atoms with Gasteiger partial charge in [0, 0.05) is 15.6 Å². The van der Waals surface area contributed by atoms with Crippen molar-refractivity contribution in [2.75, 3.05) is 0 Å². The summed E-state index contributed by atoms with van der Waals surface area (Å²) in [6.07, 6.45) is 0. The Balaban J connectivity index is 2.44. The molecule has 0 fully saturated rings. The molecule has 0 radical (unpaired) electrons. The van der Waals surface area contributed by atoms with Crippen LogP contribution in [0.5, 0.6) is 0 Å². The molecular formula is C9H5Cl3N2O. The lowest BCUT2D eigenvalue weighted by Crippen LogP contribution is -1.81. The van der Waals surface area contributed by atoms with Crippen molar-refractivity contribution in [3.8, 4) is 11.5 Å². The van der Waals surface area contributed by atoms with Crippen LogP contribution in [-0.4, -0.2) is 10.1 Å². The van der Waals surface area contributed by atoms with E-state index in [0.717, 1.165) is 0 Å². The number of hydrogen-bond acceptors (Lipinski definition) is 3. The molecule has 0 spiro atoms. The van der Waals surface area contributed by atoms with Gasteiger partial charge in [-0.3, -0.25) is 0 Å². The summed E-state index contributed by atoms with van der Waals surface area (Å²) in [6.45, 7) is 0. The normalized spacial score (nSPS) is 10.6. The van der Waals surface area contributed by atoms with Crippen molar-refractivity contribution in [1.82, 2.24) is 10.1 Å². The van der Waals surface area contributed by atoms with E-state index in [-0.39, 0.29) is 5.88 Å². The molecule has 0 aliphatic rings. The first-order valence-corrected chi connectivity index (χ1v) is 5.33. The SMILES string of the molecule is ClCc1noc(-c2cc(Cl)cc(Cl)c2)n1. The van der Waals surface area contributed by atoms with Crippen molar-refractivity contribution in [3.05, 3.63) is 34.1 Å². The number of halogens is 3. The first-order chi connectivity index (χ1) is 7.19. The maximum atomic E-state index is 5.84. The third-order valence-electron chi connectivity index (χ3n) is 1.70. The van der Waals surface area contributed by atoms with Gasteiger partial charge >= 0.3 is 0 Å². The van der Waals surface area contributed by atoms with Gasteiger partial charge in [0.1, 0.15) is 0 Å². The molecule has 2 rings (SSSR count). The van der Waals surface area contributed by atoms with E-state index in [4.69, 9.17) is 39.3 Å². The summed E-state index contributed by atoms with van der Waals surface area (Å²) in [5, 5.41) is 4.70. The fourth-order valence-electron chi connectivity index (χ4n) is 1.10. The molecule has 3 nitrogen and oxygen atoms in total. The highest BCUT2D eigenvalue weighted by atomic mass is 35.5. The maximum Gasteiger partial charge on any atom is 0.258 e. The predicted molar refractivity (Wildman–Crippen MR) is 59.3 cm³/mol. The van der Waals surface area contributed by atoms with Crippen LogP contribution in [0.25, 0.3) is 11.5 Å². The van der Waals surface area contributed by atoms with E-state index in [1.807, 2.05) is 0 Å². The first-order valence-electron chi connectivity index (χ1n) is 4.04. The van der Waals surface area contributed by atoms with Gasteiger partial charge in [-0.2, -0.15) is 4.98 Å². The summed E-state index contributed by atoms with van der Waals surface area (Å²) >= 11 is 17.2. The van der Waals surface area contributed by atoms with Gasteiger partial charge < -0.3 is 4.52 Å². The zero-order valence-corrected chi connectivity index (χ0v) is 9.64. The number of alkyl halides is 1. The summed E-state index contributed by atoms with van der Waals surface area (Å²) in [4.78, 5) is 4.05. The van der Waals surface area contributed by atoms with E-state index in [1.54, 1.807) is 18.2 Å². The van der Waals surface area contributed by atoms with Crippen LogP contribution in [0, 0.1) is 0 Å². The molecule has 0 atom stereocenters. The van der Waals surface area contributed by atoms with E-state index in [2.05, 4.69) is 10.1 Å². The molecular weight excluding hydrogens is 258 g/mol. The third-order valence-corrected chi connectivity index (χ3v) is 2.37. The minimum atomic E-state index is 0.206. The van der Waals surface area contributed by atoms with E-state index in [1.165, 1.54) is 0 Å². The zero-order chi connectivity index (χ0) is 10.8. The number of nitrogens with zero attached hydrogens (tertiary/aromatic N) is 2. The number of rotatable bonds is 2. The lowest BCUT2D eigenvalue weighted by atomic mass is 10.2. The van der Waals surface area contributed by atoms with E-state index in [9.17, 15) is 0 Å². The van der Waals surface area contributed by atoms with Crippen molar-refractivity contribution >= 4 is 34.8 Å². The fraction of sp³-hybridized carbons (Fsp3) is 0.111. The zero-order valence-electron chi connectivity index (χ0n) is 7.38. The molecule has 0 saturated heterocycles. The molecule has 1 aromatic heterocycles. The van der Waals surface area contributed by atoms with Gasteiger partial charge in [-0.05, 0) is 18.2 Å². The molecule has 6 heteroatoms. The first kappa shape index (κ1) is 10.7. The molecule has 0 amide bonds. The van der Waals surface area contributed by atoms with Gasteiger partial charge in [-0.1, -0.05) is 28.4 Å². The molecule has 1 heterocycles. The Morgan fingerprint density at radius 1 is 1.13 bits per heavy atom. The van der Waals surface area contributed by atoms with Crippen LogP contribution in [0.3, 0.4) is 0 Å². The minimum absolute atomic E-state index is 0.206. The summed E-state index contributed by atoms with van der Waals surface area (Å²) in [5.74, 6) is 0.996. The average molecular weight is 264 g/mol. The van der Waals surface area contributed by atoms with Crippen molar-refractivity contribution in [1.29, 1.82) is 0 Å². The van der Waals surface area contributed by atoms with Crippen LogP contribution in [0.4, 0.5) is 0 Å². The maximum absolute atomic E-state index is 5.84. The van der Waals surface area contributed by atoms with Crippen LogP contribution in [-0.2, 0) is 5.88 Å². The monoisotopic (exact) mass is 262 g/mol. The summed E-state index contributed by atoms with van der Waals surface area (Å²) < 4.78 is 4.99. The van der Waals surface area contributed by atoms with Crippen LogP contribution in [0.1, 0.15) is 5.82 Å². The Labute approximate surface area is 101 Å². The Kier molecular flexibility index (Phi) is 3.14. The van der Waals surface area contributed by atoms with Gasteiger partial charge in [0.05, 0.1) is 5.88 Å². The minimum Gasteiger partial charge on any atom is -0.334 e. The van der Waals surface area contributed by atoms with Gasteiger partial charge in [0.15, 0.2) is 5.82 Å². The predicted octanol–water partition coefficient (Wildman–Crippen LogP) is 3.78. The lowest BCUT2D eigenvalue weighted by molar-refractivity contribution is 0.425. The molecule has 2 aromatic rings. The summed E-state index contributed by atoms with van der Waals surface area (Å²) in [5.41, 5.74) is 0.677. The van der Waals surface area contributed by atoms with Crippen molar-refractivity contribution < 1.29 is 4.52 Å². The second-order valence-electron chi connectivity index (χ2n) is 2.81. The van der Waals surface area contributed by atoms with Gasteiger partial charge in [0.25, 0.3) is 5.89 Å². The van der Waals surface area contributed by atoms with Crippen LogP contribution in [0.15, 0.2) is 22.7 Å². The highest BCUT2D eigenvalue weighted by Crippen LogP contribution is 2.26. The van der Waals surface area contributed by atoms with Gasteiger partial charge in [-0.25, -0.2) is 0 Å². The number of aromatic nitrogens is 2. The molecule has 0 N–H and O–H groups in total. The second-order valence-corrected chi connectivity index (χ2v) is 3.95. The third kappa shape index (κ3) is 2.43. The molecule has 0 aliphatic carbocycles. The summed E-state index contributed by atoms with van der Waals surface area (Å²) in [7, 11) is 0. The largest absolute Gasteiger partial charge is 0.334 e. The van der Waals surface area contributed by atoms with Crippen molar-refractivity contribution in [3.63, 3.8) is 0 Å². The van der Waals surface area contributed by atoms with Crippen LogP contribution < -0.4 is 0 Å². The van der Waals surface area contributed by atoms with Crippen molar-refractivity contribution in [2.24, 2.45) is 0 Å². The molecule has 0 saturated carbocycles. The number of benzene rings is 1. The highest BCUT2D eigenvalue weighted by molar-refractivity contribution is 6.35. The Morgan fingerprint density at radius 3 is 2.33 bits per heavy atom. The number of hydrogen-bond donors (Lipinski definition) is 0. The Hall–Kier alpha value is -0.770. The van der Waals surface area contributed by atoms with Gasteiger partial charge in [-0.15, -0.1) is 11.6 Å². The quantitative estimate of drug-likeness (QED) is 0.774. The summed E-state index contributed by atoms with van der Waals surface area (Å²) in [6, 6.07) is 5.02. The second kappa shape index (κ2) is 4.39. The van der Waals surface area contributed by atoms with Crippen molar-refractivity contribution in [2.45, 2.75) is 5.88 Å². The van der Waals surface area contributed by atoms with E-state index >= 15 is 0 Å². The molecule has 0 aliphatic heterocycles. The standard InChI is InChI=1S/C9H5Cl3N2O/c10-4-8-13-9(15-14-8)5-1-6(11)3-7(12)2-5/h1-3H,4H2. The Bertz CT molecular complexity index is 464. The molecule has 78 valence electrons. The molecule has 0 unspecified atom stereocenters. The van der Waals surface area contributed by atoms with E-state index < -0.39 is 0 Å². The van der Waals surface area contributed by atoms with Crippen LogP contribution in [0.2, 0.25) is 10.0 Å². The average Bonchev–Trinajstić information content (AvgIpc) is 2.64. The highest BCUT2D eigenvalue weighted by Gasteiger charge is 2.09. The molecule has 15 heavy (non-hydrogen) atoms. The molecule has 1 aromatic carbocycles. The smallest absolute Gasteiger partial charge is 0.258 e. The van der Waals surface area contributed by atoms with Crippen LogP contribution >= 0.6 is 34.8 Å². The Morgan fingerprint density at radius 2 is 1.80 bits per heavy atom. The van der Waals surface area contributed by atoms with E-state index in [0.29, 0.717) is 27.3 Å². The fourth-order valence-corrected chi connectivity index (χ4v) is 1.74. The molecule has 0 bridgehead atoms. The van der Waals surface area contributed by atoms with Gasteiger partial charge in [0.2, 0.25) is 0 Å². The lowest BCUT2D eigenvalue weighted by Gasteiger charge is -1.96. The topological polar surface area (TPSA) is 38.9 Å².